The van der Waals surface area contributed by atoms with Gasteiger partial charge in [0.05, 0.1) is 25.5 Å². The number of hydrogen-bond donors (Lipinski definition) is 1. The second kappa shape index (κ2) is 7.61. The van der Waals surface area contributed by atoms with Crippen molar-refractivity contribution in [1.82, 2.24) is 24.5 Å². The van der Waals surface area contributed by atoms with Crippen molar-refractivity contribution in [3.63, 3.8) is 0 Å². The van der Waals surface area contributed by atoms with Gasteiger partial charge >= 0.3 is 0 Å². The van der Waals surface area contributed by atoms with Gasteiger partial charge < -0.3 is 5.32 Å². The van der Waals surface area contributed by atoms with Gasteiger partial charge in [0.2, 0.25) is 5.91 Å². The van der Waals surface area contributed by atoms with Gasteiger partial charge in [0.25, 0.3) is 0 Å². The molecule has 7 heteroatoms. The van der Waals surface area contributed by atoms with E-state index in [0.29, 0.717) is 12.6 Å². The van der Waals surface area contributed by atoms with Crippen LogP contribution in [0.3, 0.4) is 0 Å². The van der Waals surface area contributed by atoms with Crippen LogP contribution in [0.15, 0.2) is 24.7 Å². The van der Waals surface area contributed by atoms with Crippen molar-refractivity contribution in [3.05, 3.63) is 30.2 Å². The Balaban J connectivity index is 1.55. The molecule has 2 aromatic heterocycles. The van der Waals surface area contributed by atoms with Crippen LogP contribution in [0.25, 0.3) is 0 Å². The van der Waals surface area contributed by atoms with E-state index in [9.17, 15) is 4.79 Å². The Morgan fingerprint density at radius 2 is 2.29 bits per heavy atom. The number of anilines is 1. The highest BCUT2D eigenvalue weighted by atomic mass is 16.2. The lowest BCUT2D eigenvalue weighted by Crippen LogP contribution is -2.39. The molecule has 0 spiro atoms. The van der Waals surface area contributed by atoms with E-state index < -0.39 is 0 Å². The number of hydrogen-bond acceptors (Lipinski definition) is 4. The third kappa shape index (κ3) is 4.03. The summed E-state index contributed by atoms with van der Waals surface area (Å²) < 4.78 is 3.82. The summed E-state index contributed by atoms with van der Waals surface area (Å²) in [6.07, 6.45) is 8.89. The molecule has 1 fully saturated rings. The molecule has 1 amide bonds. The van der Waals surface area contributed by atoms with E-state index in [4.69, 9.17) is 0 Å². The number of aryl methyl sites for hydroxylation is 2. The molecule has 3 heterocycles. The topological polar surface area (TPSA) is 68.0 Å². The first-order valence-corrected chi connectivity index (χ1v) is 8.70. The van der Waals surface area contributed by atoms with E-state index in [1.165, 1.54) is 5.56 Å². The summed E-state index contributed by atoms with van der Waals surface area (Å²) in [5.41, 5.74) is 1.17. The van der Waals surface area contributed by atoms with Gasteiger partial charge in [0.1, 0.15) is 5.82 Å². The summed E-state index contributed by atoms with van der Waals surface area (Å²) in [6.45, 7) is 7.18. The highest BCUT2D eigenvalue weighted by Crippen LogP contribution is 2.19. The molecule has 7 nitrogen and oxygen atoms in total. The first kappa shape index (κ1) is 16.7. The van der Waals surface area contributed by atoms with Crippen molar-refractivity contribution in [1.29, 1.82) is 0 Å². The number of rotatable bonds is 7. The lowest BCUT2D eigenvalue weighted by atomic mass is 10.2. The van der Waals surface area contributed by atoms with Gasteiger partial charge in [-0.25, -0.2) is 4.68 Å². The molecule has 1 aliphatic rings. The minimum atomic E-state index is 0.0244. The van der Waals surface area contributed by atoms with Crippen molar-refractivity contribution < 1.29 is 4.79 Å². The second-order valence-electron chi connectivity index (χ2n) is 6.49. The Labute approximate surface area is 142 Å². The molecule has 1 atom stereocenters. The molecule has 130 valence electrons. The normalized spacial score (nSPS) is 18.2. The van der Waals surface area contributed by atoms with Gasteiger partial charge in [0, 0.05) is 24.8 Å². The molecule has 24 heavy (non-hydrogen) atoms. The molecule has 1 N–H and O–H groups in total. The zero-order valence-corrected chi connectivity index (χ0v) is 14.5. The Bertz CT molecular complexity index is 676. The highest BCUT2D eigenvalue weighted by molar-refractivity contribution is 5.91. The third-order valence-corrected chi connectivity index (χ3v) is 4.43. The van der Waals surface area contributed by atoms with E-state index in [-0.39, 0.29) is 5.91 Å². The van der Waals surface area contributed by atoms with Crippen LogP contribution in [0.4, 0.5) is 5.82 Å². The Morgan fingerprint density at radius 3 is 3.04 bits per heavy atom. The number of carbonyl (C=O) groups is 1. The summed E-state index contributed by atoms with van der Waals surface area (Å²) in [5.74, 6) is 0.802. The van der Waals surface area contributed by atoms with Crippen molar-refractivity contribution >= 4 is 11.7 Å². The maximum atomic E-state index is 12.4. The fourth-order valence-corrected chi connectivity index (χ4v) is 3.29. The molecular weight excluding hydrogens is 304 g/mol. The maximum Gasteiger partial charge on any atom is 0.239 e. The van der Waals surface area contributed by atoms with Gasteiger partial charge in [-0.3, -0.25) is 14.4 Å². The lowest BCUT2D eigenvalue weighted by molar-refractivity contribution is -0.117. The quantitative estimate of drug-likeness (QED) is 0.842. The smallest absolute Gasteiger partial charge is 0.239 e. The summed E-state index contributed by atoms with van der Waals surface area (Å²) >= 11 is 0. The van der Waals surface area contributed by atoms with E-state index in [1.54, 1.807) is 6.20 Å². The fraction of sp³-hybridized carbons (Fsp3) is 0.588. The first-order valence-electron chi connectivity index (χ1n) is 8.70. The van der Waals surface area contributed by atoms with E-state index in [2.05, 4.69) is 33.5 Å². The Kier molecular flexibility index (Phi) is 5.30. The number of aromatic nitrogens is 4. The maximum absolute atomic E-state index is 12.4. The van der Waals surface area contributed by atoms with Crippen LogP contribution in [0.1, 0.15) is 31.7 Å². The van der Waals surface area contributed by atoms with Crippen LogP contribution in [-0.4, -0.2) is 49.5 Å². The van der Waals surface area contributed by atoms with Crippen LogP contribution < -0.4 is 5.32 Å². The predicted molar refractivity (Wildman–Crippen MR) is 92.7 cm³/mol. The molecule has 1 aliphatic heterocycles. The molecule has 0 saturated carbocycles. The predicted octanol–water partition coefficient (Wildman–Crippen LogP) is 1.90. The van der Waals surface area contributed by atoms with Crippen molar-refractivity contribution in [2.45, 2.75) is 52.2 Å². The second-order valence-corrected chi connectivity index (χ2v) is 6.49. The van der Waals surface area contributed by atoms with E-state index in [1.807, 2.05) is 28.6 Å². The minimum absolute atomic E-state index is 0.0244. The number of likely N-dealkylation sites (tertiary alicyclic amines) is 1. The summed E-state index contributed by atoms with van der Waals surface area (Å²) in [7, 11) is 0. The lowest BCUT2D eigenvalue weighted by Gasteiger charge is -2.23. The molecule has 0 bridgehead atoms. The van der Waals surface area contributed by atoms with E-state index in [0.717, 1.165) is 44.7 Å². The van der Waals surface area contributed by atoms with Gasteiger partial charge in [-0.2, -0.15) is 10.2 Å². The molecule has 0 aliphatic carbocycles. The summed E-state index contributed by atoms with van der Waals surface area (Å²) in [4.78, 5) is 14.7. The standard InChI is InChI=1S/C17H26N6O/c1-3-8-23-16(6-7-18-23)20-17(24)13-21-9-4-5-15(21)12-22-11-14(2)10-19-22/h6-7,10-11,15H,3-5,8-9,12-13H2,1-2H3,(H,20,24)/t15-/m1/s1. The SMILES string of the molecule is CCCn1nccc1NC(=O)CN1CCC[C@@H]1Cn1cc(C)cn1. The Hall–Kier alpha value is -2.15. The average molecular weight is 330 g/mol. The zero-order valence-electron chi connectivity index (χ0n) is 14.5. The van der Waals surface area contributed by atoms with Gasteiger partial charge in [0.15, 0.2) is 0 Å². The number of amides is 1. The molecule has 0 aromatic carbocycles. The van der Waals surface area contributed by atoms with Gasteiger partial charge in [-0.15, -0.1) is 0 Å². The number of carbonyl (C=O) groups excluding carboxylic acids is 1. The number of nitrogens with zero attached hydrogens (tertiary/aromatic N) is 5. The average Bonchev–Trinajstić information content (AvgIpc) is 3.25. The summed E-state index contributed by atoms with van der Waals surface area (Å²) in [5, 5.41) is 11.6. The zero-order chi connectivity index (χ0) is 16.9. The molecule has 2 aromatic rings. The van der Waals surface area contributed by atoms with E-state index >= 15 is 0 Å². The summed E-state index contributed by atoms with van der Waals surface area (Å²) in [6, 6.07) is 2.22. The first-order chi connectivity index (χ1) is 11.7. The fourth-order valence-electron chi connectivity index (χ4n) is 3.29. The van der Waals surface area contributed by atoms with Crippen molar-refractivity contribution in [2.24, 2.45) is 0 Å². The van der Waals surface area contributed by atoms with Crippen LogP contribution in [0.2, 0.25) is 0 Å². The monoisotopic (exact) mass is 330 g/mol. The molecular formula is C17H26N6O. The highest BCUT2D eigenvalue weighted by Gasteiger charge is 2.27. The van der Waals surface area contributed by atoms with Crippen molar-refractivity contribution in [3.8, 4) is 0 Å². The molecule has 1 saturated heterocycles. The Morgan fingerprint density at radius 1 is 1.42 bits per heavy atom. The van der Waals surface area contributed by atoms with Gasteiger partial charge in [-0.1, -0.05) is 6.92 Å². The van der Waals surface area contributed by atoms with Crippen LogP contribution >= 0.6 is 0 Å². The van der Waals surface area contributed by atoms with Crippen molar-refractivity contribution in [2.75, 3.05) is 18.4 Å². The third-order valence-electron chi connectivity index (χ3n) is 4.43. The van der Waals surface area contributed by atoms with Gasteiger partial charge in [-0.05, 0) is 38.3 Å². The molecule has 0 radical (unpaired) electrons. The molecule has 0 unspecified atom stereocenters. The van der Waals surface area contributed by atoms with Crippen LogP contribution in [0.5, 0.6) is 0 Å². The molecule has 3 rings (SSSR count). The minimum Gasteiger partial charge on any atom is -0.310 e. The number of nitrogens with one attached hydrogen (secondary N) is 1. The van der Waals surface area contributed by atoms with Crippen LogP contribution in [-0.2, 0) is 17.9 Å². The van der Waals surface area contributed by atoms with Crippen LogP contribution in [0, 0.1) is 6.92 Å². The largest absolute Gasteiger partial charge is 0.310 e.